The van der Waals surface area contributed by atoms with Gasteiger partial charge >= 0.3 is 0 Å². The first-order valence-electron chi connectivity index (χ1n) is 33.2. The van der Waals surface area contributed by atoms with Crippen molar-refractivity contribution in [3.05, 3.63) is 65.5 Å². The lowest BCUT2D eigenvalue weighted by Gasteiger charge is -2.37. The molecule has 2 aliphatic rings. The van der Waals surface area contributed by atoms with Gasteiger partial charge in [-0.2, -0.15) is 0 Å². The molecule has 0 spiro atoms. The third kappa shape index (κ3) is 22.2. The number of benzene rings is 2. The normalized spacial score (nSPS) is 25.4. The minimum absolute atomic E-state index is 0.0326. The van der Waals surface area contributed by atoms with Crippen LogP contribution in [0.15, 0.2) is 48.5 Å². The van der Waals surface area contributed by atoms with E-state index in [1.807, 2.05) is 41.5 Å². The quantitative estimate of drug-likeness (QED) is 0.193. The van der Waals surface area contributed by atoms with Crippen LogP contribution in [0.5, 0.6) is 5.75 Å². The van der Waals surface area contributed by atoms with Crippen molar-refractivity contribution in [2.24, 2.45) is 23.7 Å². The number of hydrogen-bond donors (Lipinski definition) is 5. The maximum absolute atomic E-state index is 15.2. The molecule has 2 fully saturated rings. The topological polar surface area (TPSA) is 299 Å². The molecule has 2 saturated heterocycles. The number of hydrogen-bond acceptors (Lipinski definition) is 13. The van der Waals surface area contributed by atoms with Gasteiger partial charge in [-0.1, -0.05) is 91.8 Å². The number of aromatic hydroxyl groups is 1. The second-order valence-electron chi connectivity index (χ2n) is 27.6. The van der Waals surface area contributed by atoms with Crippen LogP contribution < -0.4 is 21.3 Å². The zero-order valence-electron chi connectivity index (χ0n) is 59.2. The van der Waals surface area contributed by atoms with Crippen molar-refractivity contribution in [1.82, 2.24) is 60.5 Å². The number of phenolic OH excluding ortho intramolecular Hbond substituents is 1. The number of halogens is 1. The zero-order valence-corrected chi connectivity index (χ0v) is 59.2. The molecule has 5 N–H and O–H groups in total. The van der Waals surface area contributed by atoms with Crippen molar-refractivity contribution in [2.45, 2.75) is 201 Å². The minimum Gasteiger partial charge on any atom is -0.505 e. The third-order valence-electron chi connectivity index (χ3n) is 18.0. The van der Waals surface area contributed by atoms with Gasteiger partial charge in [0.15, 0.2) is 11.6 Å². The second kappa shape index (κ2) is 36.1. The highest BCUT2D eigenvalue weighted by Gasteiger charge is 2.42. The molecule has 0 aromatic heterocycles. The van der Waals surface area contributed by atoms with E-state index in [1.165, 1.54) is 86.0 Å². The first-order chi connectivity index (χ1) is 44.4. The molecule has 0 saturated carbocycles. The van der Waals surface area contributed by atoms with E-state index in [-0.39, 0.29) is 67.8 Å². The van der Waals surface area contributed by atoms with Crippen LogP contribution in [0.2, 0.25) is 0 Å². The molecule has 0 bridgehead atoms. The number of nitrogens with zero attached hydrogens (tertiary/aromatic N) is 8. The summed E-state index contributed by atoms with van der Waals surface area (Å²) < 4.78 is 14.9. The van der Waals surface area contributed by atoms with Crippen molar-refractivity contribution in [3.8, 4) is 5.75 Å². The van der Waals surface area contributed by atoms with Crippen LogP contribution in [0.25, 0.3) is 0 Å². The molecule has 0 aliphatic carbocycles. The van der Waals surface area contributed by atoms with Crippen molar-refractivity contribution >= 4 is 70.9 Å². The van der Waals surface area contributed by atoms with E-state index in [2.05, 4.69) is 21.3 Å². The highest BCUT2D eigenvalue weighted by Crippen LogP contribution is 2.24. The molecule has 2 aromatic carbocycles. The van der Waals surface area contributed by atoms with Crippen LogP contribution in [0, 0.1) is 29.5 Å². The zero-order chi connectivity index (χ0) is 71.6. The fraction of sp³-hybridized carbons (Fsp3) is 0.652. The highest BCUT2D eigenvalue weighted by molar-refractivity contribution is 6.00. The van der Waals surface area contributed by atoms with E-state index in [4.69, 9.17) is 0 Å². The summed E-state index contributed by atoms with van der Waals surface area (Å²) in [5.74, 6) is -11.2. The predicted molar refractivity (Wildman–Crippen MR) is 357 cm³/mol. The van der Waals surface area contributed by atoms with E-state index in [0.717, 1.165) is 43.1 Å². The van der Waals surface area contributed by atoms with Gasteiger partial charge in [0, 0.05) is 75.3 Å². The van der Waals surface area contributed by atoms with Gasteiger partial charge in [0.1, 0.15) is 60.4 Å². The van der Waals surface area contributed by atoms with Crippen LogP contribution in [0.3, 0.4) is 0 Å². The fourth-order valence-corrected chi connectivity index (χ4v) is 11.9. The SMILES string of the molecule is CC(C)C[C@@H]1NC(=O)[C@H](C)N(C)C(=O)C[C@@H](C(=O)N2CCCCC2)NC(=O)[C@H](CC(C)C)N(C)C(=O)CN(C)C(=O)[C@H](Cc2ccc(O)c(F)c2)NC(=O)[C@H](CC(C)C)N(C)C(=O)[C@H](C)N(C)C(=O)[C@H](C)NC(=O)[C@H](Cc2ccccc2)N(C)C(=O)[C@H](CC(C)C)N(C)C1=O. The smallest absolute Gasteiger partial charge is 0.245 e. The van der Waals surface area contributed by atoms with E-state index in [1.54, 1.807) is 49.1 Å². The molecule has 10 atom stereocenters. The summed E-state index contributed by atoms with van der Waals surface area (Å²) in [6, 6.07) is -0.846. The average molecular weight is 1330 g/mol. The van der Waals surface area contributed by atoms with Gasteiger partial charge < -0.3 is 65.6 Å². The van der Waals surface area contributed by atoms with Gasteiger partial charge in [-0.15, -0.1) is 0 Å². The van der Waals surface area contributed by atoms with Gasteiger partial charge in [0.05, 0.1) is 13.0 Å². The van der Waals surface area contributed by atoms with Crippen LogP contribution in [-0.2, 0) is 70.4 Å². The number of likely N-dealkylation sites (tertiary alicyclic amines) is 1. The number of amides is 12. The Morgan fingerprint density at radius 2 is 0.989 bits per heavy atom. The molecule has 2 aliphatic heterocycles. The van der Waals surface area contributed by atoms with Gasteiger partial charge in [0.2, 0.25) is 70.9 Å². The number of likely N-dealkylation sites (N-methyl/N-ethyl adjacent to an activating group) is 7. The summed E-state index contributed by atoms with van der Waals surface area (Å²) in [5, 5.41) is 21.2. The lowest BCUT2D eigenvalue weighted by Crippen LogP contribution is -2.61. The fourth-order valence-electron chi connectivity index (χ4n) is 11.9. The van der Waals surface area contributed by atoms with Crippen LogP contribution in [-0.4, -0.2) is 245 Å². The third-order valence-corrected chi connectivity index (χ3v) is 18.0. The Kier molecular flexibility index (Phi) is 30.1. The summed E-state index contributed by atoms with van der Waals surface area (Å²) in [6.45, 7) is 19.0. The Morgan fingerprint density at radius 1 is 0.484 bits per heavy atom. The molecule has 95 heavy (non-hydrogen) atoms. The van der Waals surface area contributed by atoms with Crippen molar-refractivity contribution in [2.75, 3.05) is 69.0 Å². The van der Waals surface area contributed by atoms with Crippen molar-refractivity contribution in [1.29, 1.82) is 0 Å². The standard InChI is InChI=1S/C69H107FN12O13/c1-40(2)31-50-67(93)81(18)56(34-43(7)8)69(95)80(17)55(37-47-25-21-19-22-26-47)61(87)71-44(9)64(90)77(14)46(11)65(91)79(16)54(33-42(5)6)63(89)73-51(36-48-27-28-57(83)49(70)35-48)66(92)75(12)39-59(85)78(15)53(32-41(3)4)62(88)74-52(68(94)82-29-23-20-24-30-82)38-58(84)76(13)45(10)60(86)72-50/h19,21-22,25-28,35,40-46,50-56,83H,20,23-24,29-34,36-39H2,1-18H3,(H,71,87)(H,72,86)(H,73,89)(H,74,88)/t44-,45-,46-,50-,51-,52-,53-,54-,55-,56-/m0/s1. The van der Waals surface area contributed by atoms with Gasteiger partial charge in [-0.25, -0.2) is 4.39 Å². The molecule has 25 nitrogen and oxygen atoms in total. The number of nitrogens with one attached hydrogen (secondary N) is 4. The first-order valence-corrected chi connectivity index (χ1v) is 33.2. The average Bonchev–Trinajstić information content (AvgIpc) is 0.842. The minimum atomic E-state index is -1.53. The summed E-state index contributed by atoms with van der Waals surface area (Å²) in [7, 11) is 9.59. The maximum atomic E-state index is 15.2. The number of carbonyl (C=O) groups excluding carboxylic acids is 12. The van der Waals surface area contributed by atoms with Crippen LogP contribution in [0.4, 0.5) is 4.39 Å². The lowest BCUT2D eigenvalue weighted by atomic mass is 9.97. The first kappa shape index (κ1) is 79.2. The molecule has 2 heterocycles. The van der Waals surface area contributed by atoms with Crippen molar-refractivity contribution < 1.29 is 67.0 Å². The van der Waals surface area contributed by atoms with Crippen LogP contribution >= 0.6 is 0 Å². The Hall–Kier alpha value is -8.19. The Morgan fingerprint density at radius 3 is 1.55 bits per heavy atom. The van der Waals surface area contributed by atoms with E-state index < -0.39 is 156 Å². The van der Waals surface area contributed by atoms with Crippen LogP contribution in [0.1, 0.15) is 139 Å². The lowest BCUT2D eigenvalue weighted by molar-refractivity contribution is -0.151. The maximum Gasteiger partial charge on any atom is 0.245 e. The summed E-state index contributed by atoms with van der Waals surface area (Å²) in [5.41, 5.74) is 0.819. The summed E-state index contributed by atoms with van der Waals surface area (Å²) in [6.07, 6.45) is 1.50. The van der Waals surface area contributed by atoms with E-state index >= 15 is 4.79 Å². The largest absolute Gasteiger partial charge is 0.505 e. The molecule has 0 unspecified atom stereocenters. The Balaban J connectivity index is 1.90. The number of piperidine rings is 1. The number of carbonyl (C=O) groups is 12. The molecular weight excluding hydrogens is 1220 g/mol. The van der Waals surface area contributed by atoms with Gasteiger partial charge in [-0.05, 0) is 113 Å². The Bertz CT molecular complexity index is 3030. The molecule has 12 amide bonds. The monoisotopic (exact) mass is 1330 g/mol. The molecule has 2 aromatic rings. The molecule has 26 heteroatoms. The van der Waals surface area contributed by atoms with Gasteiger partial charge in [0.25, 0.3) is 0 Å². The molecule has 528 valence electrons. The highest BCUT2D eigenvalue weighted by atomic mass is 19.1. The summed E-state index contributed by atoms with van der Waals surface area (Å²) >= 11 is 0. The molecule has 4 rings (SSSR count). The number of rotatable bonds is 13. The second-order valence-corrected chi connectivity index (χ2v) is 27.6. The predicted octanol–water partition coefficient (Wildman–Crippen LogP) is 3.34. The Labute approximate surface area is 560 Å². The van der Waals surface area contributed by atoms with Gasteiger partial charge in [-0.3, -0.25) is 57.5 Å². The van der Waals surface area contributed by atoms with E-state index in [0.29, 0.717) is 31.5 Å². The number of phenols is 1. The molecular formula is C69H107FN12O13. The van der Waals surface area contributed by atoms with E-state index in [9.17, 15) is 62.2 Å². The van der Waals surface area contributed by atoms with Crippen molar-refractivity contribution in [3.63, 3.8) is 0 Å². The summed E-state index contributed by atoms with van der Waals surface area (Å²) in [4.78, 5) is 186. The molecule has 0 radical (unpaired) electrons.